The van der Waals surface area contributed by atoms with Gasteiger partial charge in [0, 0.05) is 10.7 Å². The van der Waals surface area contributed by atoms with Crippen LogP contribution in [0, 0.1) is 0 Å². The predicted molar refractivity (Wildman–Crippen MR) is 85.4 cm³/mol. The molecule has 0 fully saturated rings. The normalized spacial score (nSPS) is 11.5. The summed E-state index contributed by atoms with van der Waals surface area (Å²) in [7, 11) is 1.34. The second kappa shape index (κ2) is 6.95. The van der Waals surface area contributed by atoms with Crippen LogP contribution in [-0.2, 0) is 9.53 Å². The van der Waals surface area contributed by atoms with E-state index in [2.05, 4.69) is 11.9 Å². The number of anilines is 1. The van der Waals surface area contributed by atoms with Crippen LogP contribution in [0.25, 0.3) is 0 Å². The van der Waals surface area contributed by atoms with Crippen LogP contribution in [0.4, 0.5) is 5.69 Å². The molecule has 0 aromatic heterocycles. The molecule has 2 rings (SSSR count). The van der Waals surface area contributed by atoms with Crippen LogP contribution in [0.3, 0.4) is 0 Å². The highest BCUT2D eigenvalue weighted by Crippen LogP contribution is 2.28. The van der Waals surface area contributed by atoms with E-state index in [0.717, 1.165) is 11.3 Å². The quantitative estimate of drug-likeness (QED) is 0.663. The van der Waals surface area contributed by atoms with Gasteiger partial charge in [-0.05, 0) is 29.8 Å². The fourth-order valence-corrected chi connectivity index (χ4v) is 2.21. The summed E-state index contributed by atoms with van der Waals surface area (Å²) < 4.78 is 4.77. The Morgan fingerprint density at radius 2 is 1.90 bits per heavy atom. The van der Waals surface area contributed by atoms with Crippen molar-refractivity contribution in [2.75, 3.05) is 12.4 Å². The number of methoxy groups -OCH3 is 1. The molecule has 1 N–H and O–H groups in total. The highest BCUT2D eigenvalue weighted by atomic mass is 35.5. The Kier molecular flexibility index (Phi) is 5.01. The molecule has 0 heterocycles. The van der Waals surface area contributed by atoms with Crippen molar-refractivity contribution in [3.05, 3.63) is 77.3 Å². The summed E-state index contributed by atoms with van der Waals surface area (Å²) >= 11 is 6.04. The van der Waals surface area contributed by atoms with E-state index >= 15 is 0 Å². The number of esters is 1. The van der Waals surface area contributed by atoms with E-state index in [-0.39, 0.29) is 0 Å². The second-order valence-corrected chi connectivity index (χ2v) is 4.95. The van der Waals surface area contributed by atoms with Crippen LogP contribution < -0.4 is 5.32 Å². The summed E-state index contributed by atoms with van der Waals surface area (Å²) in [5.41, 5.74) is 2.05. The SMILES string of the molecule is C=C(C(=O)OC)[C@H](Nc1ccccc1)c1cccc(Cl)c1. The summed E-state index contributed by atoms with van der Waals surface area (Å²) in [6.07, 6.45) is 0. The molecule has 0 saturated carbocycles. The van der Waals surface area contributed by atoms with E-state index in [9.17, 15) is 4.79 Å². The maximum Gasteiger partial charge on any atom is 0.335 e. The van der Waals surface area contributed by atoms with Crippen LogP contribution >= 0.6 is 11.6 Å². The van der Waals surface area contributed by atoms with Crippen molar-refractivity contribution in [3.63, 3.8) is 0 Å². The van der Waals surface area contributed by atoms with Gasteiger partial charge in [-0.15, -0.1) is 0 Å². The van der Waals surface area contributed by atoms with Crippen molar-refractivity contribution in [1.29, 1.82) is 0 Å². The zero-order chi connectivity index (χ0) is 15.2. The molecule has 0 amide bonds. The van der Waals surface area contributed by atoms with Gasteiger partial charge in [-0.2, -0.15) is 0 Å². The first-order valence-electron chi connectivity index (χ1n) is 6.46. The largest absolute Gasteiger partial charge is 0.466 e. The number of hydrogen-bond acceptors (Lipinski definition) is 3. The third-order valence-corrected chi connectivity index (χ3v) is 3.30. The number of carbonyl (C=O) groups excluding carboxylic acids is 1. The molecule has 4 heteroatoms. The Bertz CT molecular complexity index is 640. The summed E-state index contributed by atoms with van der Waals surface area (Å²) in [6, 6.07) is 16.5. The number of benzene rings is 2. The van der Waals surface area contributed by atoms with E-state index in [1.807, 2.05) is 42.5 Å². The second-order valence-electron chi connectivity index (χ2n) is 4.52. The Hall–Kier alpha value is -2.26. The molecule has 0 spiro atoms. The highest BCUT2D eigenvalue weighted by Gasteiger charge is 2.21. The maximum absolute atomic E-state index is 11.8. The van der Waals surface area contributed by atoms with Crippen molar-refractivity contribution in [3.8, 4) is 0 Å². The van der Waals surface area contributed by atoms with Gasteiger partial charge in [0.1, 0.15) is 0 Å². The van der Waals surface area contributed by atoms with Crippen molar-refractivity contribution >= 4 is 23.3 Å². The summed E-state index contributed by atoms with van der Waals surface area (Å²) in [6.45, 7) is 3.85. The molecule has 0 aliphatic carbocycles. The zero-order valence-electron chi connectivity index (χ0n) is 11.7. The van der Waals surface area contributed by atoms with Gasteiger partial charge < -0.3 is 10.1 Å². The number of halogens is 1. The van der Waals surface area contributed by atoms with E-state index in [1.54, 1.807) is 12.1 Å². The Balaban J connectivity index is 2.35. The molecule has 0 unspecified atom stereocenters. The van der Waals surface area contributed by atoms with Gasteiger partial charge in [-0.3, -0.25) is 0 Å². The number of carbonyl (C=O) groups is 1. The lowest BCUT2D eigenvalue weighted by Gasteiger charge is -2.21. The summed E-state index contributed by atoms with van der Waals surface area (Å²) in [5.74, 6) is -0.455. The third-order valence-electron chi connectivity index (χ3n) is 3.06. The van der Waals surface area contributed by atoms with Crippen LogP contribution in [0.15, 0.2) is 66.7 Å². The van der Waals surface area contributed by atoms with Crippen molar-refractivity contribution < 1.29 is 9.53 Å². The molecule has 0 saturated heterocycles. The fourth-order valence-electron chi connectivity index (χ4n) is 2.01. The minimum absolute atomic E-state index is 0.323. The summed E-state index contributed by atoms with van der Waals surface area (Å²) in [4.78, 5) is 11.8. The van der Waals surface area contributed by atoms with Crippen molar-refractivity contribution in [1.82, 2.24) is 0 Å². The van der Waals surface area contributed by atoms with Gasteiger partial charge in [0.2, 0.25) is 0 Å². The average Bonchev–Trinajstić information content (AvgIpc) is 2.52. The first kappa shape index (κ1) is 15.1. The van der Waals surface area contributed by atoms with Crippen molar-refractivity contribution in [2.24, 2.45) is 0 Å². The van der Waals surface area contributed by atoms with Gasteiger partial charge in [-0.1, -0.05) is 48.5 Å². The monoisotopic (exact) mass is 301 g/mol. The molecule has 0 aliphatic heterocycles. The summed E-state index contributed by atoms with van der Waals surface area (Å²) in [5, 5.41) is 3.88. The van der Waals surface area contributed by atoms with Crippen molar-refractivity contribution in [2.45, 2.75) is 6.04 Å². The average molecular weight is 302 g/mol. The van der Waals surface area contributed by atoms with Crippen LogP contribution in [-0.4, -0.2) is 13.1 Å². The minimum Gasteiger partial charge on any atom is -0.466 e. The lowest BCUT2D eigenvalue weighted by molar-refractivity contribution is -0.136. The molecule has 0 bridgehead atoms. The topological polar surface area (TPSA) is 38.3 Å². The number of ether oxygens (including phenoxy) is 1. The first-order valence-corrected chi connectivity index (χ1v) is 6.84. The molecule has 3 nitrogen and oxygen atoms in total. The Labute approximate surface area is 129 Å². The van der Waals surface area contributed by atoms with Gasteiger partial charge in [-0.25, -0.2) is 4.79 Å². The molecule has 2 aromatic carbocycles. The molecule has 0 radical (unpaired) electrons. The lowest BCUT2D eigenvalue weighted by Crippen LogP contribution is -2.19. The molecule has 1 atom stereocenters. The number of rotatable bonds is 5. The molecule has 108 valence electrons. The van der Waals surface area contributed by atoms with Gasteiger partial charge in [0.15, 0.2) is 0 Å². The van der Waals surface area contributed by atoms with E-state index in [1.165, 1.54) is 7.11 Å². The molecular formula is C17H16ClNO2. The smallest absolute Gasteiger partial charge is 0.335 e. The lowest BCUT2D eigenvalue weighted by atomic mass is 9.99. The Morgan fingerprint density at radius 3 is 2.52 bits per heavy atom. The maximum atomic E-state index is 11.8. The molecular weight excluding hydrogens is 286 g/mol. The highest BCUT2D eigenvalue weighted by molar-refractivity contribution is 6.30. The van der Waals surface area contributed by atoms with Gasteiger partial charge in [0.05, 0.1) is 18.7 Å². The van der Waals surface area contributed by atoms with Crippen LogP contribution in [0.2, 0.25) is 5.02 Å². The van der Waals surface area contributed by atoms with E-state index < -0.39 is 12.0 Å². The zero-order valence-corrected chi connectivity index (χ0v) is 12.4. The Morgan fingerprint density at radius 1 is 1.19 bits per heavy atom. The molecule has 2 aromatic rings. The minimum atomic E-state index is -0.455. The number of hydrogen-bond donors (Lipinski definition) is 1. The fraction of sp³-hybridized carbons (Fsp3) is 0.118. The first-order chi connectivity index (χ1) is 10.1. The van der Waals surface area contributed by atoms with E-state index in [4.69, 9.17) is 16.3 Å². The predicted octanol–water partition coefficient (Wildman–Crippen LogP) is 4.22. The van der Waals surface area contributed by atoms with Gasteiger partial charge in [0.25, 0.3) is 0 Å². The third kappa shape index (κ3) is 3.86. The van der Waals surface area contributed by atoms with E-state index in [0.29, 0.717) is 10.6 Å². The number of para-hydroxylation sites is 1. The number of nitrogens with one attached hydrogen (secondary N) is 1. The standard InChI is InChI=1S/C17H16ClNO2/c1-12(17(20)21-2)16(13-7-6-8-14(18)11-13)19-15-9-4-3-5-10-15/h3-11,16,19H,1H2,2H3/t16-/m0/s1. The molecule has 0 aliphatic rings. The molecule has 21 heavy (non-hydrogen) atoms. The van der Waals surface area contributed by atoms with Gasteiger partial charge >= 0.3 is 5.97 Å². The van der Waals surface area contributed by atoms with Crippen LogP contribution in [0.5, 0.6) is 0 Å². The van der Waals surface area contributed by atoms with Crippen LogP contribution in [0.1, 0.15) is 11.6 Å².